The van der Waals surface area contributed by atoms with Crippen molar-refractivity contribution in [3.63, 3.8) is 0 Å². The quantitative estimate of drug-likeness (QED) is 0.476. The zero-order chi connectivity index (χ0) is 25.3. The number of sulfone groups is 1. The van der Waals surface area contributed by atoms with Gasteiger partial charge >= 0.3 is 0 Å². The molecule has 2 aliphatic rings. The smallest absolute Gasteiger partial charge is 0.210 e. The first-order chi connectivity index (χ1) is 17.3. The van der Waals surface area contributed by atoms with E-state index in [2.05, 4.69) is 9.88 Å². The molecule has 3 heterocycles. The molecule has 0 saturated carbocycles. The van der Waals surface area contributed by atoms with Crippen molar-refractivity contribution in [2.45, 2.75) is 41.5 Å². The van der Waals surface area contributed by atoms with E-state index in [9.17, 15) is 21.6 Å². The monoisotopic (exact) mass is 519 g/mol. The van der Waals surface area contributed by atoms with E-state index < -0.39 is 32.2 Å². The molecule has 3 aromatic rings. The number of morpholine rings is 1. The summed E-state index contributed by atoms with van der Waals surface area (Å²) in [5.41, 5.74) is 0.408. The average molecular weight is 520 g/mol. The third-order valence-electron chi connectivity index (χ3n) is 7.02. The Balaban J connectivity index is 1.62. The van der Waals surface area contributed by atoms with Crippen molar-refractivity contribution < 1.29 is 26.3 Å². The van der Waals surface area contributed by atoms with Crippen LogP contribution in [0.5, 0.6) is 0 Å². The number of halogens is 3. The molecule has 1 atom stereocenters. The molecule has 36 heavy (non-hydrogen) atoms. The lowest BCUT2D eigenvalue weighted by Gasteiger charge is -2.40. The highest BCUT2D eigenvalue weighted by molar-refractivity contribution is 7.91. The Bertz CT molecular complexity index is 1340. The van der Waals surface area contributed by atoms with Crippen LogP contribution >= 0.6 is 0 Å². The van der Waals surface area contributed by atoms with Gasteiger partial charge in [-0.3, -0.25) is 9.88 Å². The summed E-state index contributed by atoms with van der Waals surface area (Å²) < 4.78 is 75.6. The van der Waals surface area contributed by atoms with E-state index in [-0.39, 0.29) is 16.5 Å². The van der Waals surface area contributed by atoms with Crippen LogP contribution in [0.15, 0.2) is 52.4 Å². The maximum absolute atomic E-state index is 14.7. The van der Waals surface area contributed by atoms with Crippen molar-refractivity contribution in [2.24, 2.45) is 0 Å². The second-order valence-corrected chi connectivity index (χ2v) is 11.2. The summed E-state index contributed by atoms with van der Waals surface area (Å²) in [6.45, 7) is 4.49. The highest BCUT2D eigenvalue weighted by Crippen LogP contribution is 2.40. The van der Waals surface area contributed by atoms with Gasteiger partial charge in [0.15, 0.2) is 0 Å². The van der Waals surface area contributed by atoms with E-state index in [1.807, 2.05) is 4.90 Å². The molecule has 0 radical (unpaired) electrons. The van der Waals surface area contributed by atoms with Crippen LogP contribution in [0.25, 0.3) is 10.9 Å². The molecule has 0 spiro atoms. The number of aromatic nitrogens is 1. The van der Waals surface area contributed by atoms with Gasteiger partial charge in [-0.25, -0.2) is 21.6 Å². The molecule has 0 N–H and O–H groups in total. The molecule has 2 aromatic carbocycles. The maximum Gasteiger partial charge on any atom is 0.210 e. The van der Waals surface area contributed by atoms with Gasteiger partial charge in [0.2, 0.25) is 9.84 Å². The number of anilines is 1. The topological polar surface area (TPSA) is 62.7 Å². The SMILES string of the molecule is O=S(=O)(c1cc(F)cc(F)c1)c1cnc2c(F)cccc2c1N1CCCC[C@H]1CCN1CCOCC1. The minimum atomic E-state index is -4.36. The lowest BCUT2D eigenvalue weighted by atomic mass is 9.97. The first-order valence-corrected chi connectivity index (χ1v) is 13.7. The molecular weight excluding hydrogens is 491 g/mol. The van der Waals surface area contributed by atoms with Gasteiger partial charge in [0.25, 0.3) is 0 Å². The van der Waals surface area contributed by atoms with E-state index in [1.165, 1.54) is 12.1 Å². The highest BCUT2D eigenvalue weighted by atomic mass is 32.2. The van der Waals surface area contributed by atoms with Crippen molar-refractivity contribution >= 4 is 26.4 Å². The summed E-state index contributed by atoms with van der Waals surface area (Å²) in [7, 11) is -4.36. The molecular formula is C26H28F3N3O3S. The maximum atomic E-state index is 14.7. The minimum absolute atomic E-state index is 0.0219. The number of ether oxygens (including phenoxy) is 1. The third kappa shape index (κ3) is 4.94. The number of fused-ring (bicyclic) bond motifs is 1. The Morgan fingerprint density at radius 1 is 1.00 bits per heavy atom. The predicted octanol–water partition coefficient (Wildman–Crippen LogP) is 4.57. The lowest BCUT2D eigenvalue weighted by molar-refractivity contribution is 0.0362. The first kappa shape index (κ1) is 25.0. The van der Waals surface area contributed by atoms with Crippen molar-refractivity contribution in [1.82, 2.24) is 9.88 Å². The fraction of sp³-hybridized carbons (Fsp3) is 0.423. The Labute approximate surface area is 208 Å². The number of piperidine rings is 1. The van der Waals surface area contributed by atoms with Gasteiger partial charge in [-0.2, -0.15) is 0 Å². The van der Waals surface area contributed by atoms with Crippen molar-refractivity contribution in [3.8, 4) is 0 Å². The molecule has 192 valence electrons. The number of hydrogen-bond donors (Lipinski definition) is 0. The molecule has 5 rings (SSSR count). The summed E-state index contributed by atoms with van der Waals surface area (Å²) in [4.78, 5) is 7.82. The van der Waals surface area contributed by atoms with E-state index >= 15 is 0 Å². The highest BCUT2D eigenvalue weighted by Gasteiger charge is 2.32. The molecule has 6 nitrogen and oxygen atoms in total. The summed E-state index contributed by atoms with van der Waals surface area (Å²) in [6.07, 6.45) is 4.62. The van der Waals surface area contributed by atoms with E-state index in [1.54, 1.807) is 6.07 Å². The van der Waals surface area contributed by atoms with Crippen LogP contribution in [0.1, 0.15) is 25.7 Å². The summed E-state index contributed by atoms with van der Waals surface area (Å²) in [5, 5.41) is 0.367. The molecule has 2 saturated heterocycles. The van der Waals surface area contributed by atoms with E-state index in [0.29, 0.717) is 36.9 Å². The van der Waals surface area contributed by atoms with Crippen LogP contribution in [0.4, 0.5) is 18.9 Å². The van der Waals surface area contributed by atoms with Gasteiger partial charge in [-0.05, 0) is 43.9 Å². The number of pyridine rings is 1. The number of nitrogens with zero attached hydrogens (tertiary/aromatic N) is 3. The Morgan fingerprint density at radius 2 is 1.75 bits per heavy atom. The number of para-hydroxylation sites is 1. The molecule has 0 aliphatic carbocycles. The van der Waals surface area contributed by atoms with Crippen LogP contribution in [-0.2, 0) is 14.6 Å². The van der Waals surface area contributed by atoms with E-state index in [4.69, 9.17) is 4.74 Å². The van der Waals surface area contributed by atoms with Crippen molar-refractivity contribution in [2.75, 3.05) is 44.3 Å². The second-order valence-electron chi connectivity index (χ2n) is 9.30. The molecule has 1 aromatic heterocycles. The van der Waals surface area contributed by atoms with Crippen molar-refractivity contribution in [1.29, 1.82) is 0 Å². The predicted molar refractivity (Wildman–Crippen MR) is 130 cm³/mol. The van der Waals surface area contributed by atoms with Crippen LogP contribution < -0.4 is 4.90 Å². The van der Waals surface area contributed by atoms with E-state index in [0.717, 1.165) is 63.6 Å². The van der Waals surface area contributed by atoms with Crippen LogP contribution in [0, 0.1) is 17.5 Å². The molecule has 0 amide bonds. The van der Waals surface area contributed by atoms with Crippen molar-refractivity contribution in [3.05, 3.63) is 60.0 Å². The van der Waals surface area contributed by atoms with Crippen LogP contribution in [-0.4, -0.2) is 63.7 Å². The number of rotatable bonds is 6. The van der Waals surface area contributed by atoms with Crippen LogP contribution in [0.3, 0.4) is 0 Å². The largest absolute Gasteiger partial charge is 0.379 e. The lowest BCUT2D eigenvalue weighted by Crippen LogP contribution is -2.44. The van der Waals surface area contributed by atoms with Gasteiger partial charge in [-0.1, -0.05) is 12.1 Å². The number of benzene rings is 2. The molecule has 2 aliphatic heterocycles. The average Bonchev–Trinajstić information content (AvgIpc) is 2.87. The molecule has 0 unspecified atom stereocenters. The molecule has 0 bridgehead atoms. The van der Waals surface area contributed by atoms with Crippen LogP contribution in [0.2, 0.25) is 0 Å². The minimum Gasteiger partial charge on any atom is -0.379 e. The summed E-state index contributed by atoms with van der Waals surface area (Å²) in [6, 6.07) is 6.69. The second kappa shape index (κ2) is 10.4. The third-order valence-corrected chi connectivity index (χ3v) is 8.75. The fourth-order valence-corrected chi connectivity index (χ4v) is 6.67. The Morgan fingerprint density at radius 3 is 2.50 bits per heavy atom. The van der Waals surface area contributed by atoms with Gasteiger partial charge in [0, 0.05) is 49.9 Å². The fourth-order valence-electron chi connectivity index (χ4n) is 5.21. The normalized spacial score (nSPS) is 19.6. The van der Waals surface area contributed by atoms with Gasteiger partial charge in [0.1, 0.15) is 27.9 Å². The zero-order valence-electron chi connectivity index (χ0n) is 19.8. The summed E-state index contributed by atoms with van der Waals surface area (Å²) in [5.74, 6) is -2.54. The number of hydrogen-bond acceptors (Lipinski definition) is 6. The standard InChI is InChI=1S/C26H28F3N3O3S/c27-18-14-19(28)16-21(15-18)36(33,34)24-17-30-25-22(5-3-6-23(25)29)26(24)32-8-2-1-4-20(32)7-9-31-10-12-35-13-11-31/h3,5-6,14-17,20H,1-2,4,7-13H2/t20-/m0/s1. The Hall–Kier alpha value is -2.69. The van der Waals surface area contributed by atoms with Gasteiger partial charge in [-0.15, -0.1) is 0 Å². The zero-order valence-corrected chi connectivity index (χ0v) is 20.6. The Kier molecular flexibility index (Phi) is 7.18. The molecule has 10 heteroatoms. The molecule has 2 fully saturated rings. The van der Waals surface area contributed by atoms with Gasteiger partial charge < -0.3 is 9.64 Å². The van der Waals surface area contributed by atoms with Gasteiger partial charge in [0.05, 0.1) is 23.8 Å². The first-order valence-electron chi connectivity index (χ1n) is 12.2. The summed E-state index contributed by atoms with van der Waals surface area (Å²) >= 11 is 0.